The van der Waals surface area contributed by atoms with Crippen molar-refractivity contribution in [2.45, 2.75) is 24.9 Å². The third-order valence-electron chi connectivity index (χ3n) is 4.63. The van der Waals surface area contributed by atoms with Gasteiger partial charge in [0.25, 0.3) is 0 Å². The molecule has 2 unspecified atom stereocenters. The Bertz CT molecular complexity index is 790. The van der Waals surface area contributed by atoms with Crippen molar-refractivity contribution >= 4 is 10.8 Å². The highest BCUT2D eigenvalue weighted by Crippen LogP contribution is 2.40. The molecule has 0 spiro atoms. The second-order valence-electron chi connectivity index (χ2n) is 5.96. The van der Waals surface area contributed by atoms with Crippen LogP contribution in [-0.4, -0.2) is 5.11 Å². The third-order valence-corrected chi connectivity index (χ3v) is 4.63. The minimum absolute atomic E-state index is 0.382. The number of hydrogen-bond donors (Lipinski definition) is 1. The van der Waals surface area contributed by atoms with E-state index in [1.54, 1.807) is 0 Å². The molecule has 0 radical (unpaired) electrons. The van der Waals surface area contributed by atoms with Gasteiger partial charge < -0.3 is 5.11 Å². The summed E-state index contributed by atoms with van der Waals surface area (Å²) in [6.45, 7) is 0. The van der Waals surface area contributed by atoms with Gasteiger partial charge in [-0.05, 0) is 52.3 Å². The molecule has 2 atom stereocenters. The van der Waals surface area contributed by atoms with Gasteiger partial charge in [-0.2, -0.15) is 0 Å². The van der Waals surface area contributed by atoms with Crippen LogP contribution >= 0.6 is 0 Å². The van der Waals surface area contributed by atoms with E-state index < -0.39 is 0 Å². The molecule has 4 rings (SSSR count). The summed E-state index contributed by atoms with van der Waals surface area (Å²) >= 11 is 0. The SMILES string of the molecule is OC(CC1Cc2ccccc21)c1ccc2ccccc2c1. The molecule has 0 bridgehead atoms. The largest absolute Gasteiger partial charge is 0.388 e. The van der Waals surface area contributed by atoms with Crippen molar-refractivity contribution in [1.82, 2.24) is 0 Å². The molecule has 0 saturated heterocycles. The monoisotopic (exact) mass is 274 g/mol. The van der Waals surface area contributed by atoms with Crippen molar-refractivity contribution in [1.29, 1.82) is 0 Å². The summed E-state index contributed by atoms with van der Waals surface area (Å²) in [5.41, 5.74) is 3.88. The molecular weight excluding hydrogens is 256 g/mol. The smallest absolute Gasteiger partial charge is 0.0796 e. The first-order valence-electron chi connectivity index (χ1n) is 7.56. The van der Waals surface area contributed by atoms with Gasteiger partial charge in [-0.15, -0.1) is 0 Å². The minimum Gasteiger partial charge on any atom is -0.388 e. The van der Waals surface area contributed by atoms with Gasteiger partial charge in [0.2, 0.25) is 0 Å². The maximum absolute atomic E-state index is 10.5. The fourth-order valence-electron chi connectivity index (χ4n) is 3.39. The molecular formula is C20H18O. The first-order chi connectivity index (χ1) is 10.3. The average Bonchev–Trinajstić information content (AvgIpc) is 2.52. The zero-order chi connectivity index (χ0) is 14.2. The second-order valence-corrected chi connectivity index (χ2v) is 5.96. The fourth-order valence-corrected chi connectivity index (χ4v) is 3.39. The Labute approximate surface area is 124 Å². The van der Waals surface area contributed by atoms with E-state index >= 15 is 0 Å². The lowest BCUT2D eigenvalue weighted by atomic mass is 9.74. The fraction of sp³-hybridized carbons (Fsp3) is 0.200. The summed E-state index contributed by atoms with van der Waals surface area (Å²) in [6.07, 6.45) is 1.53. The van der Waals surface area contributed by atoms with Gasteiger partial charge in [-0.1, -0.05) is 60.7 Å². The molecule has 3 aromatic rings. The van der Waals surface area contributed by atoms with Crippen LogP contribution in [0.3, 0.4) is 0 Å². The van der Waals surface area contributed by atoms with E-state index in [1.165, 1.54) is 21.9 Å². The number of rotatable bonds is 3. The highest BCUT2D eigenvalue weighted by molar-refractivity contribution is 5.83. The van der Waals surface area contributed by atoms with Gasteiger partial charge in [0, 0.05) is 0 Å². The Morgan fingerprint density at radius 3 is 2.52 bits per heavy atom. The molecule has 0 aromatic heterocycles. The lowest BCUT2D eigenvalue weighted by Gasteiger charge is -2.31. The van der Waals surface area contributed by atoms with Crippen molar-refractivity contribution in [3.63, 3.8) is 0 Å². The highest BCUT2D eigenvalue weighted by atomic mass is 16.3. The lowest BCUT2D eigenvalue weighted by Crippen LogP contribution is -2.19. The lowest BCUT2D eigenvalue weighted by molar-refractivity contribution is 0.154. The maximum Gasteiger partial charge on any atom is 0.0796 e. The van der Waals surface area contributed by atoms with Crippen LogP contribution in [0, 0.1) is 0 Å². The number of aliphatic hydroxyl groups excluding tert-OH is 1. The summed E-state index contributed by atoms with van der Waals surface area (Å²) in [5, 5.41) is 13.0. The van der Waals surface area contributed by atoms with Gasteiger partial charge in [-0.3, -0.25) is 0 Å². The van der Waals surface area contributed by atoms with E-state index in [1.807, 2.05) is 12.1 Å². The number of benzene rings is 3. The van der Waals surface area contributed by atoms with Crippen molar-refractivity contribution in [2.75, 3.05) is 0 Å². The molecule has 1 aliphatic carbocycles. The molecule has 1 N–H and O–H groups in total. The number of fused-ring (bicyclic) bond motifs is 2. The molecule has 1 aliphatic rings. The van der Waals surface area contributed by atoms with Crippen molar-refractivity contribution < 1.29 is 5.11 Å². The van der Waals surface area contributed by atoms with Crippen LogP contribution in [0.4, 0.5) is 0 Å². The first-order valence-corrected chi connectivity index (χ1v) is 7.56. The Balaban J connectivity index is 1.56. The van der Waals surface area contributed by atoms with Crippen molar-refractivity contribution in [3.05, 3.63) is 83.4 Å². The van der Waals surface area contributed by atoms with Crippen LogP contribution in [-0.2, 0) is 6.42 Å². The van der Waals surface area contributed by atoms with E-state index in [4.69, 9.17) is 0 Å². The molecule has 21 heavy (non-hydrogen) atoms. The third kappa shape index (κ3) is 2.24. The van der Waals surface area contributed by atoms with E-state index in [0.717, 1.165) is 18.4 Å². The zero-order valence-electron chi connectivity index (χ0n) is 11.9. The van der Waals surface area contributed by atoms with Gasteiger partial charge in [-0.25, -0.2) is 0 Å². The molecule has 1 nitrogen and oxygen atoms in total. The minimum atomic E-state index is -0.382. The maximum atomic E-state index is 10.5. The molecule has 0 amide bonds. The van der Waals surface area contributed by atoms with Crippen LogP contribution in [0.1, 0.15) is 35.1 Å². The van der Waals surface area contributed by atoms with Crippen molar-refractivity contribution in [2.24, 2.45) is 0 Å². The molecule has 104 valence electrons. The van der Waals surface area contributed by atoms with Crippen LogP contribution in [0.5, 0.6) is 0 Å². The summed E-state index contributed by atoms with van der Waals surface area (Å²) in [4.78, 5) is 0. The normalized spacial score (nSPS) is 18.0. The van der Waals surface area contributed by atoms with Crippen LogP contribution in [0.25, 0.3) is 10.8 Å². The molecule has 1 heteroatoms. The summed E-state index contributed by atoms with van der Waals surface area (Å²) in [6, 6.07) is 23.1. The molecule has 0 fully saturated rings. The van der Waals surface area contributed by atoms with Gasteiger partial charge in [0.05, 0.1) is 6.10 Å². The summed E-state index contributed by atoms with van der Waals surface area (Å²) in [5.74, 6) is 0.502. The number of hydrogen-bond acceptors (Lipinski definition) is 1. The van der Waals surface area contributed by atoms with E-state index in [-0.39, 0.29) is 6.10 Å². The average molecular weight is 274 g/mol. The van der Waals surface area contributed by atoms with E-state index in [0.29, 0.717) is 5.92 Å². The van der Waals surface area contributed by atoms with Gasteiger partial charge in [0.15, 0.2) is 0 Å². The van der Waals surface area contributed by atoms with Crippen molar-refractivity contribution in [3.8, 4) is 0 Å². The molecule has 0 saturated carbocycles. The second kappa shape index (κ2) is 5.01. The van der Waals surface area contributed by atoms with E-state index in [2.05, 4.69) is 54.6 Å². The zero-order valence-corrected chi connectivity index (χ0v) is 11.9. The Kier molecular flexibility index (Phi) is 3.01. The Hall–Kier alpha value is -2.12. The van der Waals surface area contributed by atoms with Gasteiger partial charge >= 0.3 is 0 Å². The molecule has 0 heterocycles. The Morgan fingerprint density at radius 2 is 1.67 bits per heavy atom. The summed E-state index contributed by atoms with van der Waals surface area (Å²) in [7, 11) is 0. The van der Waals surface area contributed by atoms with Crippen LogP contribution < -0.4 is 0 Å². The summed E-state index contributed by atoms with van der Waals surface area (Å²) < 4.78 is 0. The number of aliphatic hydroxyl groups is 1. The Morgan fingerprint density at radius 1 is 0.905 bits per heavy atom. The quantitative estimate of drug-likeness (QED) is 0.740. The van der Waals surface area contributed by atoms with E-state index in [9.17, 15) is 5.11 Å². The standard InChI is InChI=1S/C20H18O/c21-20(13-18-12-16-7-3-4-8-19(16)18)17-10-9-14-5-1-2-6-15(14)11-17/h1-11,18,20-21H,12-13H2. The molecule has 0 aliphatic heterocycles. The molecule has 3 aromatic carbocycles. The van der Waals surface area contributed by atoms with Gasteiger partial charge in [0.1, 0.15) is 0 Å². The first kappa shape index (κ1) is 12.6. The predicted octanol–water partition coefficient (Wildman–Crippen LogP) is 4.60. The predicted molar refractivity (Wildman–Crippen MR) is 86.4 cm³/mol. The highest BCUT2D eigenvalue weighted by Gasteiger charge is 2.27. The van der Waals surface area contributed by atoms with Crippen LogP contribution in [0.15, 0.2) is 66.7 Å². The van der Waals surface area contributed by atoms with Crippen LogP contribution in [0.2, 0.25) is 0 Å². The topological polar surface area (TPSA) is 20.2 Å².